The molecule has 0 amide bonds. The lowest BCUT2D eigenvalue weighted by molar-refractivity contribution is 1.38. The molecule has 0 spiro atoms. The highest BCUT2D eigenvalue weighted by Gasteiger charge is 2.12. The predicted octanol–water partition coefficient (Wildman–Crippen LogP) is 2.97. The first-order valence-corrected chi connectivity index (χ1v) is 6.38. The van der Waals surface area contributed by atoms with Gasteiger partial charge in [0.2, 0.25) is 0 Å². The highest BCUT2D eigenvalue weighted by Crippen LogP contribution is 2.34. The van der Waals surface area contributed by atoms with Crippen molar-refractivity contribution in [1.29, 1.82) is 0 Å². The zero-order valence-corrected chi connectivity index (χ0v) is 12.8. The Morgan fingerprint density at radius 2 is 1.17 bits per heavy atom. The van der Waals surface area contributed by atoms with E-state index in [2.05, 4.69) is 67.8 Å². The third-order valence-electron chi connectivity index (χ3n) is 1.60. The molecule has 1 rings (SSSR count). The Morgan fingerprint density at radius 1 is 0.833 bits per heavy atom. The van der Waals surface area contributed by atoms with Gasteiger partial charge in [0.05, 0.1) is 14.9 Å². The van der Waals surface area contributed by atoms with Crippen molar-refractivity contribution in [2.75, 3.05) is 11.5 Å². The van der Waals surface area contributed by atoms with Gasteiger partial charge in [0, 0.05) is 7.14 Å². The second-order valence-corrected chi connectivity index (χ2v) is 5.63. The van der Waals surface area contributed by atoms with Gasteiger partial charge in [-0.2, -0.15) is 0 Å². The van der Waals surface area contributed by atoms with E-state index < -0.39 is 0 Å². The Hall–Kier alpha value is 1.01. The fraction of sp³-hybridized carbons (Fsp3) is 0.143. The minimum atomic E-state index is 0.798. The standard InChI is InChI=1S/C7H7I3N2/c1-2-3(8)6(11)5(10)7(12)4(2)9/h11-12H2,1H3. The Morgan fingerprint density at radius 3 is 1.50 bits per heavy atom. The van der Waals surface area contributed by atoms with Crippen LogP contribution >= 0.6 is 67.8 Å². The molecular formula is C7H7I3N2. The summed E-state index contributed by atoms with van der Waals surface area (Å²) in [6.07, 6.45) is 0. The summed E-state index contributed by atoms with van der Waals surface area (Å²) in [5, 5.41) is 0. The highest BCUT2D eigenvalue weighted by molar-refractivity contribution is 14.1. The molecule has 0 aliphatic carbocycles. The maximum Gasteiger partial charge on any atom is 0.0611 e. The summed E-state index contributed by atoms with van der Waals surface area (Å²) in [4.78, 5) is 0. The fourth-order valence-electron chi connectivity index (χ4n) is 0.838. The maximum absolute atomic E-state index is 5.85. The SMILES string of the molecule is Cc1c(I)c(N)c(I)c(N)c1I. The van der Waals surface area contributed by atoms with Crippen LogP contribution in [0, 0.1) is 17.6 Å². The van der Waals surface area contributed by atoms with Gasteiger partial charge >= 0.3 is 0 Å². The van der Waals surface area contributed by atoms with Crippen molar-refractivity contribution in [1.82, 2.24) is 0 Å². The summed E-state index contributed by atoms with van der Waals surface area (Å²) in [6.45, 7) is 2.03. The molecule has 5 heteroatoms. The zero-order chi connectivity index (χ0) is 9.46. The summed E-state index contributed by atoms with van der Waals surface area (Å²) >= 11 is 6.67. The number of benzene rings is 1. The second kappa shape index (κ2) is 4.03. The Kier molecular flexibility index (Phi) is 3.72. The van der Waals surface area contributed by atoms with Crippen molar-refractivity contribution < 1.29 is 0 Å². The first-order valence-electron chi connectivity index (χ1n) is 3.14. The van der Waals surface area contributed by atoms with Crippen LogP contribution in [0.5, 0.6) is 0 Å². The topological polar surface area (TPSA) is 52.0 Å². The number of hydrogen-bond acceptors (Lipinski definition) is 2. The monoisotopic (exact) mass is 500 g/mol. The molecule has 0 aliphatic rings. The van der Waals surface area contributed by atoms with Crippen LogP contribution < -0.4 is 11.5 Å². The summed E-state index contributed by atoms with van der Waals surface area (Å²) in [6, 6.07) is 0. The van der Waals surface area contributed by atoms with Gasteiger partial charge in [-0.15, -0.1) is 0 Å². The molecule has 0 saturated carbocycles. The van der Waals surface area contributed by atoms with Gasteiger partial charge < -0.3 is 11.5 Å². The normalized spacial score (nSPS) is 10.3. The first kappa shape index (κ1) is 11.1. The number of nitrogen functional groups attached to an aromatic ring is 2. The lowest BCUT2D eigenvalue weighted by Crippen LogP contribution is -2.04. The molecule has 1 aromatic carbocycles. The van der Waals surface area contributed by atoms with Gasteiger partial charge in [-0.25, -0.2) is 0 Å². The molecule has 2 nitrogen and oxygen atoms in total. The van der Waals surface area contributed by atoms with Gasteiger partial charge in [0.15, 0.2) is 0 Å². The van der Waals surface area contributed by atoms with E-state index in [4.69, 9.17) is 11.5 Å². The molecule has 0 fully saturated rings. The van der Waals surface area contributed by atoms with Crippen molar-refractivity contribution in [3.05, 3.63) is 16.3 Å². The minimum Gasteiger partial charge on any atom is -0.397 e. The van der Waals surface area contributed by atoms with E-state index in [0.29, 0.717) is 0 Å². The van der Waals surface area contributed by atoms with Crippen molar-refractivity contribution in [3.63, 3.8) is 0 Å². The van der Waals surface area contributed by atoms with E-state index in [9.17, 15) is 0 Å². The van der Waals surface area contributed by atoms with Crippen molar-refractivity contribution in [2.45, 2.75) is 6.92 Å². The largest absolute Gasteiger partial charge is 0.397 e. The van der Waals surface area contributed by atoms with Gasteiger partial charge in [-0.05, 0) is 80.3 Å². The number of hydrogen-bond donors (Lipinski definition) is 2. The lowest BCUT2D eigenvalue weighted by atomic mass is 10.2. The Labute approximate surface area is 112 Å². The number of nitrogens with two attached hydrogens (primary N) is 2. The third kappa shape index (κ3) is 1.76. The number of rotatable bonds is 0. The van der Waals surface area contributed by atoms with Gasteiger partial charge in [-0.1, -0.05) is 0 Å². The van der Waals surface area contributed by atoms with E-state index in [0.717, 1.165) is 22.1 Å². The summed E-state index contributed by atoms with van der Waals surface area (Å²) in [5.41, 5.74) is 14.5. The number of halogens is 3. The molecule has 0 radical (unpaired) electrons. The van der Waals surface area contributed by atoms with E-state index in [1.807, 2.05) is 6.92 Å². The molecule has 4 N–H and O–H groups in total. The van der Waals surface area contributed by atoms with Crippen LogP contribution in [-0.2, 0) is 0 Å². The molecule has 0 atom stereocenters. The molecule has 1 aromatic rings. The molecule has 0 saturated heterocycles. The molecule has 66 valence electrons. The predicted molar refractivity (Wildman–Crippen MR) is 78.2 cm³/mol. The van der Waals surface area contributed by atoms with E-state index in [1.165, 1.54) is 5.56 Å². The van der Waals surface area contributed by atoms with Crippen LogP contribution in [0.15, 0.2) is 0 Å². The Bertz CT molecular complexity index is 231. The zero-order valence-electron chi connectivity index (χ0n) is 6.29. The van der Waals surface area contributed by atoms with E-state index >= 15 is 0 Å². The summed E-state index contributed by atoms with van der Waals surface area (Å²) in [7, 11) is 0. The average molecular weight is 500 g/mol. The van der Waals surface area contributed by atoms with Crippen LogP contribution in [0.3, 0.4) is 0 Å². The van der Waals surface area contributed by atoms with Crippen molar-refractivity contribution in [3.8, 4) is 0 Å². The smallest absolute Gasteiger partial charge is 0.0611 e. The minimum absolute atomic E-state index is 0.798. The van der Waals surface area contributed by atoms with Crippen molar-refractivity contribution >= 4 is 79.1 Å². The quantitative estimate of drug-likeness (QED) is 0.426. The van der Waals surface area contributed by atoms with E-state index in [1.54, 1.807) is 0 Å². The molecule has 12 heavy (non-hydrogen) atoms. The van der Waals surface area contributed by atoms with Gasteiger partial charge in [0.1, 0.15) is 0 Å². The van der Waals surface area contributed by atoms with Crippen molar-refractivity contribution in [2.24, 2.45) is 0 Å². The first-order chi connectivity index (χ1) is 5.46. The summed E-state index contributed by atoms with van der Waals surface area (Å²) in [5.74, 6) is 0. The van der Waals surface area contributed by atoms with E-state index in [-0.39, 0.29) is 0 Å². The summed E-state index contributed by atoms with van der Waals surface area (Å²) < 4.78 is 3.18. The average Bonchev–Trinajstić information content (AvgIpc) is 2.08. The highest BCUT2D eigenvalue weighted by atomic mass is 127. The lowest BCUT2D eigenvalue weighted by Gasteiger charge is -2.11. The van der Waals surface area contributed by atoms with Crippen LogP contribution in [0.25, 0.3) is 0 Å². The second-order valence-electron chi connectivity index (χ2n) is 2.39. The molecule has 0 heterocycles. The van der Waals surface area contributed by atoms with Gasteiger partial charge in [0.25, 0.3) is 0 Å². The molecule has 0 aromatic heterocycles. The van der Waals surface area contributed by atoms with Crippen LogP contribution in [-0.4, -0.2) is 0 Å². The molecule has 0 aliphatic heterocycles. The molecular weight excluding hydrogens is 493 g/mol. The number of anilines is 2. The van der Waals surface area contributed by atoms with Crippen LogP contribution in [0.4, 0.5) is 11.4 Å². The van der Waals surface area contributed by atoms with Crippen LogP contribution in [0.2, 0.25) is 0 Å². The van der Waals surface area contributed by atoms with Gasteiger partial charge in [-0.3, -0.25) is 0 Å². The third-order valence-corrected chi connectivity index (χ3v) is 5.55. The van der Waals surface area contributed by atoms with Crippen LogP contribution in [0.1, 0.15) is 5.56 Å². The Balaban J connectivity index is 3.60. The fourth-order valence-corrected chi connectivity index (χ4v) is 4.00. The molecule has 0 bridgehead atoms. The molecule has 0 unspecified atom stereocenters. The maximum atomic E-state index is 5.85.